The highest BCUT2D eigenvalue weighted by molar-refractivity contribution is 6.30. The van der Waals surface area contributed by atoms with E-state index >= 15 is 0 Å². The van der Waals surface area contributed by atoms with Crippen LogP contribution in [-0.2, 0) is 0 Å². The Hall–Kier alpha value is -0.550. The highest BCUT2D eigenvalue weighted by atomic mass is 35.5. The molecule has 0 bridgehead atoms. The van der Waals surface area contributed by atoms with Gasteiger partial charge in [0.25, 0.3) is 0 Å². The molecule has 0 spiro atoms. The molecule has 1 aromatic heterocycles. The number of alkyl halides is 1. The van der Waals surface area contributed by atoms with E-state index in [4.69, 9.17) is 27.9 Å². The van der Waals surface area contributed by atoms with Crippen LogP contribution in [0.5, 0.6) is 5.88 Å². The van der Waals surface area contributed by atoms with Crippen molar-refractivity contribution in [1.29, 1.82) is 0 Å². The SMILES string of the molecule is COc1ncc(Cl)cc1C(O)C(O)CCCl. The lowest BCUT2D eigenvalue weighted by atomic mass is 10.0. The number of nitrogens with zero attached hydrogens (tertiary/aromatic N) is 1. The smallest absolute Gasteiger partial charge is 0.219 e. The Kier molecular flexibility index (Phi) is 5.28. The summed E-state index contributed by atoms with van der Waals surface area (Å²) in [6, 6.07) is 1.51. The third-order valence-electron chi connectivity index (χ3n) is 2.13. The molecule has 1 aromatic rings. The molecule has 16 heavy (non-hydrogen) atoms. The Bertz CT molecular complexity index is 349. The second-order valence-corrected chi connectivity index (χ2v) is 4.06. The Morgan fingerprint density at radius 1 is 1.50 bits per heavy atom. The number of ether oxygens (including phenoxy) is 1. The molecular formula is C10H13Cl2NO3. The van der Waals surface area contributed by atoms with Gasteiger partial charge < -0.3 is 14.9 Å². The maximum atomic E-state index is 9.87. The Labute approximate surface area is 104 Å². The first-order valence-electron chi connectivity index (χ1n) is 4.71. The van der Waals surface area contributed by atoms with Crippen LogP contribution in [0.4, 0.5) is 0 Å². The molecule has 6 heteroatoms. The summed E-state index contributed by atoms with van der Waals surface area (Å²) in [5.41, 5.74) is 0.354. The summed E-state index contributed by atoms with van der Waals surface area (Å²) in [5.74, 6) is 0.500. The van der Waals surface area contributed by atoms with Gasteiger partial charge in [0.2, 0.25) is 5.88 Å². The topological polar surface area (TPSA) is 62.6 Å². The largest absolute Gasteiger partial charge is 0.481 e. The Morgan fingerprint density at radius 2 is 2.19 bits per heavy atom. The maximum absolute atomic E-state index is 9.87. The fraction of sp³-hybridized carbons (Fsp3) is 0.500. The zero-order chi connectivity index (χ0) is 12.1. The van der Waals surface area contributed by atoms with Gasteiger partial charge in [0.05, 0.1) is 18.2 Å². The number of aromatic nitrogens is 1. The summed E-state index contributed by atoms with van der Waals surface area (Å²) in [5, 5.41) is 19.9. The number of aliphatic hydroxyl groups excluding tert-OH is 2. The van der Waals surface area contributed by atoms with Crippen LogP contribution in [0.1, 0.15) is 18.1 Å². The van der Waals surface area contributed by atoms with E-state index in [-0.39, 0.29) is 18.2 Å². The monoisotopic (exact) mass is 265 g/mol. The molecule has 4 nitrogen and oxygen atoms in total. The molecule has 0 aliphatic heterocycles. The van der Waals surface area contributed by atoms with E-state index in [0.717, 1.165) is 0 Å². The molecule has 0 saturated heterocycles. The first kappa shape index (κ1) is 13.5. The lowest BCUT2D eigenvalue weighted by molar-refractivity contribution is 0.0153. The van der Waals surface area contributed by atoms with Gasteiger partial charge in [-0.25, -0.2) is 4.98 Å². The van der Waals surface area contributed by atoms with Crippen LogP contribution in [0.15, 0.2) is 12.3 Å². The van der Waals surface area contributed by atoms with Crippen LogP contribution in [0.25, 0.3) is 0 Å². The van der Waals surface area contributed by atoms with Gasteiger partial charge in [-0.15, -0.1) is 11.6 Å². The van der Waals surface area contributed by atoms with Crippen molar-refractivity contribution in [2.75, 3.05) is 13.0 Å². The van der Waals surface area contributed by atoms with Gasteiger partial charge >= 0.3 is 0 Å². The number of halogens is 2. The third-order valence-corrected chi connectivity index (χ3v) is 2.55. The summed E-state index contributed by atoms with van der Waals surface area (Å²) < 4.78 is 4.98. The van der Waals surface area contributed by atoms with Crippen molar-refractivity contribution >= 4 is 23.2 Å². The summed E-state index contributed by atoms with van der Waals surface area (Å²) in [6.07, 6.45) is -0.394. The molecule has 0 saturated carbocycles. The van der Waals surface area contributed by atoms with Crippen LogP contribution in [0.2, 0.25) is 5.02 Å². The van der Waals surface area contributed by atoms with Gasteiger partial charge in [0, 0.05) is 17.6 Å². The van der Waals surface area contributed by atoms with Gasteiger partial charge in [-0.1, -0.05) is 11.6 Å². The fourth-order valence-electron chi connectivity index (χ4n) is 1.30. The number of aliphatic hydroxyl groups is 2. The van der Waals surface area contributed by atoms with Crippen LogP contribution in [-0.4, -0.2) is 34.3 Å². The van der Waals surface area contributed by atoms with Crippen molar-refractivity contribution in [1.82, 2.24) is 4.98 Å². The summed E-state index contributed by atoms with van der Waals surface area (Å²) >= 11 is 11.3. The van der Waals surface area contributed by atoms with E-state index in [0.29, 0.717) is 10.6 Å². The first-order chi connectivity index (χ1) is 7.60. The van der Waals surface area contributed by atoms with E-state index in [1.165, 1.54) is 19.4 Å². The van der Waals surface area contributed by atoms with Crippen molar-refractivity contribution in [2.24, 2.45) is 0 Å². The molecule has 0 aromatic carbocycles. The molecule has 0 fully saturated rings. The summed E-state index contributed by atoms with van der Waals surface area (Å²) in [7, 11) is 1.43. The molecule has 0 radical (unpaired) electrons. The molecule has 2 unspecified atom stereocenters. The molecule has 2 atom stereocenters. The third kappa shape index (κ3) is 3.22. The standard InChI is InChI=1S/C10H13Cl2NO3/c1-16-10-7(4-6(12)5-13-10)9(15)8(14)2-3-11/h4-5,8-9,14-15H,2-3H2,1H3. The second-order valence-electron chi connectivity index (χ2n) is 3.24. The van der Waals surface area contributed by atoms with Crippen LogP contribution >= 0.6 is 23.2 Å². The highest BCUT2D eigenvalue weighted by Crippen LogP contribution is 2.28. The molecule has 0 amide bonds. The van der Waals surface area contributed by atoms with Crippen molar-refractivity contribution in [3.8, 4) is 5.88 Å². The fourth-order valence-corrected chi connectivity index (χ4v) is 1.69. The lowest BCUT2D eigenvalue weighted by Crippen LogP contribution is -2.19. The minimum atomic E-state index is -1.11. The second kappa shape index (κ2) is 6.25. The predicted molar refractivity (Wildman–Crippen MR) is 62.1 cm³/mol. The van der Waals surface area contributed by atoms with Crippen molar-refractivity contribution in [3.63, 3.8) is 0 Å². The predicted octanol–water partition coefficient (Wildman–Crippen LogP) is 1.77. The zero-order valence-corrected chi connectivity index (χ0v) is 10.2. The normalized spacial score (nSPS) is 14.6. The summed E-state index contributed by atoms with van der Waals surface area (Å²) in [4.78, 5) is 3.90. The van der Waals surface area contributed by atoms with Crippen molar-refractivity contribution in [2.45, 2.75) is 18.6 Å². The Balaban J connectivity index is 2.96. The average molecular weight is 266 g/mol. The number of hydrogen-bond acceptors (Lipinski definition) is 4. The van der Waals surface area contributed by atoms with Gasteiger partial charge in [-0.3, -0.25) is 0 Å². The van der Waals surface area contributed by atoms with Gasteiger partial charge in [0.1, 0.15) is 6.10 Å². The van der Waals surface area contributed by atoms with E-state index < -0.39 is 12.2 Å². The van der Waals surface area contributed by atoms with Crippen molar-refractivity contribution < 1.29 is 14.9 Å². The molecule has 90 valence electrons. The molecule has 2 N–H and O–H groups in total. The first-order valence-corrected chi connectivity index (χ1v) is 5.63. The lowest BCUT2D eigenvalue weighted by Gasteiger charge is -2.18. The van der Waals surface area contributed by atoms with Gasteiger partial charge in [0.15, 0.2) is 0 Å². The van der Waals surface area contributed by atoms with Gasteiger partial charge in [-0.2, -0.15) is 0 Å². The van der Waals surface area contributed by atoms with Crippen LogP contribution in [0, 0.1) is 0 Å². The number of rotatable bonds is 5. The summed E-state index contributed by atoms with van der Waals surface area (Å²) in [6.45, 7) is 0. The average Bonchev–Trinajstić information content (AvgIpc) is 2.28. The maximum Gasteiger partial charge on any atom is 0.219 e. The van der Waals surface area contributed by atoms with Crippen LogP contribution in [0.3, 0.4) is 0 Å². The number of pyridine rings is 1. The quantitative estimate of drug-likeness (QED) is 0.797. The Morgan fingerprint density at radius 3 is 2.75 bits per heavy atom. The van der Waals surface area contributed by atoms with E-state index in [2.05, 4.69) is 4.98 Å². The highest BCUT2D eigenvalue weighted by Gasteiger charge is 2.22. The number of hydrogen-bond donors (Lipinski definition) is 2. The van der Waals surface area contributed by atoms with Crippen LogP contribution < -0.4 is 4.74 Å². The molecule has 1 heterocycles. The van der Waals surface area contributed by atoms with E-state index in [1.807, 2.05) is 0 Å². The zero-order valence-electron chi connectivity index (χ0n) is 8.73. The molecular weight excluding hydrogens is 253 g/mol. The molecule has 1 rings (SSSR count). The molecule has 0 aliphatic carbocycles. The molecule has 0 aliphatic rings. The van der Waals surface area contributed by atoms with E-state index in [1.54, 1.807) is 0 Å². The van der Waals surface area contributed by atoms with Crippen molar-refractivity contribution in [3.05, 3.63) is 22.8 Å². The van der Waals surface area contributed by atoms with Gasteiger partial charge in [-0.05, 0) is 12.5 Å². The number of methoxy groups -OCH3 is 1. The minimum Gasteiger partial charge on any atom is -0.481 e. The van der Waals surface area contributed by atoms with E-state index in [9.17, 15) is 10.2 Å². The minimum absolute atomic E-state index is 0.241.